The second-order valence-corrected chi connectivity index (χ2v) is 5.54. The summed E-state index contributed by atoms with van der Waals surface area (Å²) in [4.78, 5) is 0. The Balaban J connectivity index is 2.44. The van der Waals surface area contributed by atoms with Gasteiger partial charge in [-0.2, -0.15) is 0 Å². The minimum atomic E-state index is -0.337. The van der Waals surface area contributed by atoms with E-state index in [4.69, 9.17) is 39.5 Å². The lowest BCUT2D eigenvalue weighted by Crippen LogP contribution is -1.96. The zero-order valence-corrected chi connectivity index (χ0v) is 12.9. The van der Waals surface area contributed by atoms with Crippen molar-refractivity contribution in [2.45, 2.75) is 12.3 Å². The molecule has 1 unspecified atom stereocenters. The van der Waals surface area contributed by atoms with Crippen molar-refractivity contribution < 1.29 is 4.74 Å². The highest BCUT2D eigenvalue weighted by Gasteiger charge is 2.17. The molecule has 0 spiro atoms. The standard InChI is InChI=1S/C15H13Cl3O/c1-9-4-3-5-10(6-9)15(18)11-7-13(17)14(19-2)8-12(11)16/h3-8,15H,1-2H3. The molecule has 0 aliphatic carbocycles. The molecule has 19 heavy (non-hydrogen) atoms. The molecule has 0 radical (unpaired) electrons. The van der Waals surface area contributed by atoms with Crippen LogP contribution in [0.4, 0.5) is 0 Å². The fourth-order valence-corrected chi connectivity index (χ4v) is 2.79. The van der Waals surface area contributed by atoms with Gasteiger partial charge in [0, 0.05) is 11.1 Å². The Labute approximate surface area is 128 Å². The van der Waals surface area contributed by atoms with E-state index < -0.39 is 0 Å². The average Bonchev–Trinajstić information content (AvgIpc) is 2.40. The van der Waals surface area contributed by atoms with Gasteiger partial charge in [0.15, 0.2) is 0 Å². The van der Waals surface area contributed by atoms with Crippen molar-refractivity contribution in [1.82, 2.24) is 0 Å². The van der Waals surface area contributed by atoms with E-state index in [-0.39, 0.29) is 5.38 Å². The van der Waals surface area contributed by atoms with Gasteiger partial charge in [-0.1, -0.05) is 53.0 Å². The Morgan fingerprint density at radius 3 is 2.42 bits per heavy atom. The van der Waals surface area contributed by atoms with E-state index in [2.05, 4.69) is 0 Å². The van der Waals surface area contributed by atoms with E-state index in [0.29, 0.717) is 15.8 Å². The lowest BCUT2D eigenvalue weighted by Gasteiger charge is -2.15. The maximum Gasteiger partial charge on any atom is 0.138 e. The first-order valence-electron chi connectivity index (χ1n) is 5.76. The van der Waals surface area contributed by atoms with Crippen LogP contribution in [-0.4, -0.2) is 7.11 Å². The zero-order chi connectivity index (χ0) is 14.0. The normalized spacial score (nSPS) is 12.3. The minimum Gasteiger partial charge on any atom is -0.495 e. The highest BCUT2D eigenvalue weighted by molar-refractivity contribution is 6.36. The van der Waals surface area contributed by atoms with Gasteiger partial charge in [-0.25, -0.2) is 0 Å². The van der Waals surface area contributed by atoms with Gasteiger partial charge < -0.3 is 4.74 Å². The Morgan fingerprint density at radius 2 is 1.79 bits per heavy atom. The fraction of sp³-hybridized carbons (Fsp3) is 0.200. The van der Waals surface area contributed by atoms with E-state index in [1.165, 1.54) is 0 Å². The largest absolute Gasteiger partial charge is 0.495 e. The number of hydrogen-bond acceptors (Lipinski definition) is 1. The van der Waals surface area contributed by atoms with Crippen LogP contribution in [0.1, 0.15) is 22.1 Å². The summed E-state index contributed by atoms with van der Waals surface area (Å²) in [6, 6.07) is 11.4. The van der Waals surface area contributed by atoms with Crippen LogP contribution in [-0.2, 0) is 0 Å². The van der Waals surface area contributed by atoms with E-state index >= 15 is 0 Å². The SMILES string of the molecule is COc1cc(Cl)c(C(Cl)c2cccc(C)c2)cc1Cl. The van der Waals surface area contributed by atoms with Gasteiger partial charge in [0.2, 0.25) is 0 Å². The van der Waals surface area contributed by atoms with Gasteiger partial charge in [-0.15, -0.1) is 11.6 Å². The number of alkyl halides is 1. The topological polar surface area (TPSA) is 9.23 Å². The average molecular weight is 316 g/mol. The smallest absolute Gasteiger partial charge is 0.138 e. The van der Waals surface area contributed by atoms with Crippen LogP contribution < -0.4 is 4.74 Å². The number of aryl methyl sites for hydroxylation is 1. The Morgan fingerprint density at radius 1 is 1.05 bits per heavy atom. The molecule has 1 nitrogen and oxygen atoms in total. The second-order valence-electron chi connectivity index (χ2n) is 4.28. The third-order valence-corrected chi connectivity index (χ3v) is 3.99. The summed E-state index contributed by atoms with van der Waals surface area (Å²) in [6.07, 6.45) is 0. The first kappa shape index (κ1) is 14.5. The number of hydrogen-bond donors (Lipinski definition) is 0. The van der Waals surface area contributed by atoms with Crippen molar-refractivity contribution >= 4 is 34.8 Å². The molecule has 0 saturated carbocycles. The number of methoxy groups -OCH3 is 1. The fourth-order valence-electron chi connectivity index (χ4n) is 1.90. The molecule has 0 N–H and O–H groups in total. The Kier molecular flexibility index (Phi) is 4.62. The van der Waals surface area contributed by atoms with E-state index in [9.17, 15) is 0 Å². The maximum absolute atomic E-state index is 6.49. The lowest BCUT2D eigenvalue weighted by atomic mass is 10.0. The third kappa shape index (κ3) is 3.17. The molecule has 2 rings (SSSR count). The van der Waals surface area contributed by atoms with Crippen molar-refractivity contribution in [2.75, 3.05) is 7.11 Å². The van der Waals surface area contributed by atoms with Crippen molar-refractivity contribution in [1.29, 1.82) is 0 Å². The molecule has 0 aliphatic rings. The summed E-state index contributed by atoms with van der Waals surface area (Å²) in [6.45, 7) is 2.02. The molecule has 0 fully saturated rings. The van der Waals surface area contributed by atoms with Gasteiger partial charge >= 0.3 is 0 Å². The minimum absolute atomic E-state index is 0.337. The molecule has 0 amide bonds. The predicted molar refractivity (Wildman–Crippen MR) is 81.9 cm³/mol. The number of ether oxygens (including phenoxy) is 1. The van der Waals surface area contributed by atoms with Crippen LogP contribution in [0.3, 0.4) is 0 Å². The quantitative estimate of drug-likeness (QED) is 0.666. The summed E-state index contributed by atoms with van der Waals surface area (Å²) in [5.74, 6) is 0.545. The molecule has 100 valence electrons. The molecule has 0 aliphatic heterocycles. The number of halogens is 3. The van der Waals surface area contributed by atoms with Crippen LogP contribution in [0.25, 0.3) is 0 Å². The van der Waals surface area contributed by atoms with Crippen molar-refractivity contribution in [3.05, 3.63) is 63.1 Å². The van der Waals surface area contributed by atoms with Crippen LogP contribution in [0.5, 0.6) is 5.75 Å². The molecule has 0 aromatic heterocycles. The van der Waals surface area contributed by atoms with Gasteiger partial charge in [0.05, 0.1) is 17.5 Å². The van der Waals surface area contributed by atoms with Crippen molar-refractivity contribution in [3.8, 4) is 5.75 Å². The molecule has 1 atom stereocenters. The molecule has 0 saturated heterocycles. The van der Waals surface area contributed by atoms with Gasteiger partial charge in [0.25, 0.3) is 0 Å². The maximum atomic E-state index is 6.49. The lowest BCUT2D eigenvalue weighted by molar-refractivity contribution is 0.415. The molecular weight excluding hydrogens is 303 g/mol. The Bertz CT molecular complexity index is 596. The highest BCUT2D eigenvalue weighted by Crippen LogP contribution is 2.39. The highest BCUT2D eigenvalue weighted by atomic mass is 35.5. The molecule has 0 heterocycles. The Hall–Kier alpha value is -0.890. The van der Waals surface area contributed by atoms with Crippen molar-refractivity contribution in [3.63, 3.8) is 0 Å². The third-order valence-electron chi connectivity index (χ3n) is 2.88. The number of benzene rings is 2. The number of rotatable bonds is 3. The predicted octanol–water partition coefficient (Wildman–Crippen LogP) is 5.64. The zero-order valence-electron chi connectivity index (χ0n) is 10.6. The van der Waals surface area contributed by atoms with Crippen LogP contribution in [0.15, 0.2) is 36.4 Å². The summed E-state index contributed by atoms with van der Waals surface area (Å²) in [7, 11) is 1.55. The molecule has 2 aromatic carbocycles. The van der Waals surface area contributed by atoms with Gasteiger partial charge in [0.1, 0.15) is 5.75 Å². The van der Waals surface area contributed by atoms with E-state index in [1.54, 1.807) is 19.2 Å². The van der Waals surface area contributed by atoms with Gasteiger partial charge in [-0.3, -0.25) is 0 Å². The van der Waals surface area contributed by atoms with Crippen LogP contribution in [0.2, 0.25) is 10.0 Å². The molecule has 4 heteroatoms. The van der Waals surface area contributed by atoms with E-state index in [0.717, 1.165) is 16.7 Å². The van der Waals surface area contributed by atoms with Gasteiger partial charge in [-0.05, 0) is 24.1 Å². The first-order valence-corrected chi connectivity index (χ1v) is 6.95. The summed E-state index contributed by atoms with van der Waals surface area (Å²) in [5, 5.41) is 0.707. The monoisotopic (exact) mass is 314 g/mol. The molecular formula is C15H13Cl3O. The van der Waals surface area contributed by atoms with Crippen LogP contribution in [0, 0.1) is 6.92 Å². The van der Waals surface area contributed by atoms with E-state index in [1.807, 2.05) is 31.2 Å². The molecule has 0 bridgehead atoms. The summed E-state index contributed by atoms with van der Waals surface area (Å²) in [5.41, 5.74) is 2.92. The van der Waals surface area contributed by atoms with Crippen molar-refractivity contribution in [2.24, 2.45) is 0 Å². The molecule has 2 aromatic rings. The summed E-state index contributed by atoms with van der Waals surface area (Å²) < 4.78 is 5.13. The first-order chi connectivity index (χ1) is 9.02. The second kappa shape index (κ2) is 6.04. The van der Waals surface area contributed by atoms with Crippen LogP contribution >= 0.6 is 34.8 Å². The summed E-state index contributed by atoms with van der Waals surface area (Å²) >= 11 is 18.9.